The summed E-state index contributed by atoms with van der Waals surface area (Å²) in [4.78, 5) is 21.3. The molecule has 0 saturated heterocycles. The molecule has 15 heavy (non-hydrogen) atoms. The number of carboxylic acids is 1. The van der Waals surface area contributed by atoms with Gasteiger partial charge in [-0.25, -0.2) is 0 Å². The summed E-state index contributed by atoms with van der Waals surface area (Å²) in [7, 11) is 0. The summed E-state index contributed by atoms with van der Waals surface area (Å²) in [6, 6.07) is 0. The molecule has 0 aliphatic rings. The number of aliphatic hydroxyl groups is 1. The van der Waals surface area contributed by atoms with Crippen molar-refractivity contribution < 1.29 is 19.8 Å². The van der Waals surface area contributed by atoms with Crippen molar-refractivity contribution in [2.75, 3.05) is 13.2 Å². The number of nitrogens with one attached hydrogen (secondary N) is 1. The van der Waals surface area contributed by atoms with E-state index in [2.05, 4.69) is 5.32 Å². The van der Waals surface area contributed by atoms with Gasteiger partial charge in [0.25, 0.3) is 0 Å². The SMILES string of the molecule is C/C(=C\C(=O)NCCCC(=O)O)CCO. The summed E-state index contributed by atoms with van der Waals surface area (Å²) in [6.45, 7) is 2.13. The van der Waals surface area contributed by atoms with Gasteiger partial charge in [0.1, 0.15) is 0 Å². The molecule has 0 heterocycles. The third-order valence-electron chi connectivity index (χ3n) is 1.75. The normalized spacial score (nSPS) is 11.2. The molecule has 0 unspecified atom stereocenters. The summed E-state index contributed by atoms with van der Waals surface area (Å²) < 4.78 is 0. The molecule has 0 fully saturated rings. The third kappa shape index (κ3) is 8.96. The molecule has 0 aromatic heterocycles. The highest BCUT2D eigenvalue weighted by atomic mass is 16.4. The Morgan fingerprint density at radius 2 is 2.00 bits per heavy atom. The molecular formula is C10H17NO4. The van der Waals surface area contributed by atoms with Crippen LogP contribution in [0.15, 0.2) is 11.6 Å². The third-order valence-corrected chi connectivity index (χ3v) is 1.75. The zero-order valence-electron chi connectivity index (χ0n) is 8.82. The van der Waals surface area contributed by atoms with E-state index in [1.54, 1.807) is 6.92 Å². The fourth-order valence-electron chi connectivity index (χ4n) is 0.975. The Morgan fingerprint density at radius 1 is 1.33 bits per heavy atom. The maximum atomic E-state index is 11.2. The quantitative estimate of drug-likeness (QED) is 0.421. The number of aliphatic hydroxyl groups excluding tert-OH is 1. The minimum atomic E-state index is -0.865. The van der Waals surface area contributed by atoms with E-state index in [1.165, 1.54) is 6.08 Å². The Balaban J connectivity index is 3.65. The van der Waals surface area contributed by atoms with Crippen molar-refractivity contribution in [1.29, 1.82) is 0 Å². The highest BCUT2D eigenvalue weighted by Gasteiger charge is 1.99. The van der Waals surface area contributed by atoms with Gasteiger partial charge >= 0.3 is 5.97 Å². The minimum absolute atomic E-state index is 0.0224. The minimum Gasteiger partial charge on any atom is -0.481 e. The van der Waals surface area contributed by atoms with Crippen LogP contribution in [0.2, 0.25) is 0 Å². The molecule has 3 N–H and O–H groups in total. The van der Waals surface area contributed by atoms with Crippen molar-refractivity contribution in [1.82, 2.24) is 5.32 Å². The number of carbonyl (C=O) groups is 2. The van der Waals surface area contributed by atoms with E-state index in [0.29, 0.717) is 19.4 Å². The molecule has 0 aliphatic carbocycles. The van der Waals surface area contributed by atoms with Gasteiger partial charge < -0.3 is 15.5 Å². The Labute approximate surface area is 88.8 Å². The van der Waals surface area contributed by atoms with Gasteiger partial charge in [-0.3, -0.25) is 9.59 Å². The van der Waals surface area contributed by atoms with E-state index in [9.17, 15) is 9.59 Å². The number of carbonyl (C=O) groups excluding carboxylic acids is 1. The number of hydrogen-bond acceptors (Lipinski definition) is 3. The molecular weight excluding hydrogens is 198 g/mol. The van der Waals surface area contributed by atoms with Crippen LogP contribution < -0.4 is 5.32 Å². The summed E-state index contributed by atoms with van der Waals surface area (Å²) in [5, 5.41) is 19.5. The number of amides is 1. The first-order valence-corrected chi connectivity index (χ1v) is 4.84. The molecule has 0 rings (SSSR count). The summed E-state index contributed by atoms with van der Waals surface area (Å²) >= 11 is 0. The number of carboxylic acid groups (broad SMARTS) is 1. The highest BCUT2D eigenvalue weighted by molar-refractivity contribution is 5.88. The molecule has 0 aromatic rings. The summed E-state index contributed by atoms with van der Waals surface area (Å²) in [5.74, 6) is -1.11. The van der Waals surface area contributed by atoms with Crippen LogP contribution in [0, 0.1) is 0 Å². The average Bonchev–Trinajstić information content (AvgIpc) is 2.12. The van der Waals surface area contributed by atoms with Crippen LogP contribution in [0.4, 0.5) is 0 Å². The van der Waals surface area contributed by atoms with Gasteiger partial charge in [0, 0.05) is 25.6 Å². The van der Waals surface area contributed by atoms with Gasteiger partial charge in [0.05, 0.1) is 0 Å². The first kappa shape index (κ1) is 13.6. The van der Waals surface area contributed by atoms with Crippen LogP contribution in [-0.2, 0) is 9.59 Å². The first-order valence-electron chi connectivity index (χ1n) is 4.84. The second-order valence-corrected chi connectivity index (χ2v) is 3.25. The lowest BCUT2D eigenvalue weighted by atomic mass is 10.2. The molecule has 0 saturated carbocycles. The first-order chi connectivity index (χ1) is 7.06. The fourth-order valence-corrected chi connectivity index (χ4v) is 0.975. The highest BCUT2D eigenvalue weighted by Crippen LogP contribution is 1.97. The van der Waals surface area contributed by atoms with Crippen LogP contribution in [-0.4, -0.2) is 35.2 Å². The van der Waals surface area contributed by atoms with Gasteiger partial charge in [-0.1, -0.05) is 5.57 Å². The predicted molar refractivity (Wildman–Crippen MR) is 55.3 cm³/mol. The monoisotopic (exact) mass is 215 g/mol. The van der Waals surface area contributed by atoms with Crippen LogP contribution in [0.3, 0.4) is 0 Å². The molecule has 0 bridgehead atoms. The van der Waals surface area contributed by atoms with E-state index in [4.69, 9.17) is 10.2 Å². The molecule has 0 aromatic carbocycles. The fraction of sp³-hybridized carbons (Fsp3) is 0.600. The van der Waals surface area contributed by atoms with Gasteiger partial charge in [-0.2, -0.15) is 0 Å². The lowest BCUT2D eigenvalue weighted by molar-refractivity contribution is -0.137. The van der Waals surface area contributed by atoms with Gasteiger partial charge in [0.15, 0.2) is 0 Å². The molecule has 5 heteroatoms. The zero-order chi connectivity index (χ0) is 11.7. The van der Waals surface area contributed by atoms with E-state index < -0.39 is 5.97 Å². The van der Waals surface area contributed by atoms with Crippen LogP contribution >= 0.6 is 0 Å². The van der Waals surface area contributed by atoms with Crippen molar-refractivity contribution in [3.05, 3.63) is 11.6 Å². The van der Waals surface area contributed by atoms with Crippen molar-refractivity contribution >= 4 is 11.9 Å². The maximum Gasteiger partial charge on any atom is 0.303 e. The standard InChI is InChI=1S/C10H17NO4/c1-8(4-6-12)7-9(13)11-5-2-3-10(14)15/h7,12H,2-6H2,1H3,(H,11,13)(H,14,15)/b8-7+. The van der Waals surface area contributed by atoms with E-state index in [0.717, 1.165) is 5.57 Å². The zero-order valence-corrected chi connectivity index (χ0v) is 8.82. The lowest BCUT2D eigenvalue weighted by Crippen LogP contribution is -2.23. The Morgan fingerprint density at radius 3 is 2.53 bits per heavy atom. The molecule has 5 nitrogen and oxygen atoms in total. The largest absolute Gasteiger partial charge is 0.481 e. The van der Waals surface area contributed by atoms with Gasteiger partial charge in [0.2, 0.25) is 5.91 Å². The smallest absolute Gasteiger partial charge is 0.303 e. The number of hydrogen-bond donors (Lipinski definition) is 3. The van der Waals surface area contributed by atoms with Crippen molar-refractivity contribution in [3.63, 3.8) is 0 Å². The molecule has 86 valence electrons. The second kappa shape index (κ2) is 7.99. The molecule has 1 amide bonds. The second-order valence-electron chi connectivity index (χ2n) is 3.25. The van der Waals surface area contributed by atoms with Crippen molar-refractivity contribution in [2.45, 2.75) is 26.2 Å². The number of rotatable bonds is 7. The van der Waals surface area contributed by atoms with E-state index in [-0.39, 0.29) is 18.9 Å². The summed E-state index contributed by atoms with van der Waals surface area (Å²) in [6.07, 6.45) is 2.37. The topological polar surface area (TPSA) is 86.6 Å². The van der Waals surface area contributed by atoms with E-state index in [1.807, 2.05) is 0 Å². The van der Waals surface area contributed by atoms with Gasteiger partial charge in [-0.15, -0.1) is 0 Å². The van der Waals surface area contributed by atoms with E-state index >= 15 is 0 Å². The molecule has 0 spiro atoms. The lowest BCUT2D eigenvalue weighted by Gasteiger charge is -2.01. The van der Waals surface area contributed by atoms with Gasteiger partial charge in [-0.05, 0) is 19.8 Å². The predicted octanol–water partition coefficient (Wildman–Crippen LogP) is 0.296. The van der Waals surface area contributed by atoms with Crippen LogP contribution in [0.1, 0.15) is 26.2 Å². The molecule has 0 radical (unpaired) electrons. The van der Waals surface area contributed by atoms with Crippen molar-refractivity contribution in [3.8, 4) is 0 Å². The maximum absolute atomic E-state index is 11.2. The summed E-state index contributed by atoms with van der Waals surface area (Å²) in [5.41, 5.74) is 0.799. The Hall–Kier alpha value is -1.36. The average molecular weight is 215 g/mol. The molecule has 0 aliphatic heterocycles. The van der Waals surface area contributed by atoms with Crippen LogP contribution in [0.5, 0.6) is 0 Å². The van der Waals surface area contributed by atoms with Crippen molar-refractivity contribution in [2.24, 2.45) is 0 Å². The Kier molecular flexibility index (Phi) is 7.27. The van der Waals surface area contributed by atoms with Crippen LogP contribution in [0.25, 0.3) is 0 Å². The molecule has 0 atom stereocenters. The Bertz CT molecular complexity index is 248. The number of aliphatic carboxylic acids is 1.